The summed E-state index contributed by atoms with van der Waals surface area (Å²) >= 11 is 0. The summed E-state index contributed by atoms with van der Waals surface area (Å²) in [6.07, 6.45) is 15.6. The van der Waals surface area contributed by atoms with Gasteiger partial charge in [-0.25, -0.2) is 0 Å². The van der Waals surface area contributed by atoms with Crippen LogP contribution in [0, 0.1) is 5.92 Å². The molecule has 0 aliphatic heterocycles. The van der Waals surface area contributed by atoms with Gasteiger partial charge in [-0.2, -0.15) is 0 Å². The zero-order valence-electron chi connectivity index (χ0n) is 13.3. The quantitative estimate of drug-likeness (QED) is 0.402. The Hall–Kier alpha value is -0.0400. The molecular weight excluding hydrogens is 218 g/mol. The molecule has 1 atom stereocenters. The number of rotatable bonds is 14. The minimum Gasteiger partial charge on any atom is -0.316 e. The molecule has 0 aromatic heterocycles. The molecule has 0 rings (SSSR count). The summed E-state index contributed by atoms with van der Waals surface area (Å²) in [7, 11) is 0. The molecular formula is C17H37N. The zero-order chi connectivity index (χ0) is 13.5. The first-order valence-electron chi connectivity index (χ1n) is 8.52. The predicted molar refractivity (Wildman–Crippen MR) is 84.2 cm³/mol. The van der Waals surface area contributed by atoms with Gasteiger partial charge in [0.05, 0.1) is 0 Å². The van der Waals surface area contributed by atoms with Crippen LogP contribution in [0.1, 0.15) is 91.4 Å². The lowest BCUT2D eigenvalue weighted by molar-refractivity contribution is 0.484. The van der Waals surface area contributed by atoms with Crippen molar-refractivity contribution < 1.29 is 0 Å². The maximum Gasteiger partial charge on any atom is -0.00233 e. The third kappa shape index (κ3) is 14.0. The molecule has 0 radical (unpaired) electrons. The lowest BCUT2D eigenvalue weighted by Gasteiger charge is -2.09. The van der Waals surface area contributed by atoms with Crippen LogP contribution in [0.5, 0.6) is 0 Å². The smallest absolute Gasteiger partial charge is 0.00233 e. The Kier molecular flexibility index (Phi) is 15.0. The molecule has 1 unspecified atom stereocenters. The van der Waals surface area contributed by atoms with Crippen LogP contribution in [0.3, 0.4) is 0 Å². The highest BCUT2D eigenvalue weighted by Crippen LogP contribution is 2.10. The molecule has 0 saturated carbocycles. The van der Waals surface area contributed by atoms with Gasteiger partial charge in [-0.3, -0.25) is 0 Å². The van der Waals surface area contributed by atoms with E-state index in [9.17, 15) is 0 Å². The van der Waals surface area contributed by atoms with E-state index in [1.54, 1.807) is 0 Å². The first kappa shape index (κ1) is 18.0. The summed E-state index contributed by atoms with van der Waals surface area (Å²) < 4.78 is 0. The van der Waals surface area contributed by atoms with Crippen molar-refractivity contribution in [2.24, 2.45) is 5.92 Å². The van der Waals surface area contributed by atoms with Crippen molar-refractivity contribution in [2.45, 2.75) is 91.4 Å². The van der Waals surface area contributed by atoms with Crippen molar-refractivity contribution in [1.82, 2.24) is 5.32 Å². The van der Waals surface area contributed by atoms with Gasteiger partial charge in [-0.1, -0.05) is 85.0 Å². The SMILES string of the molecule is CCCCCCCCCCCCNCC(C)CC. The Morgan fingerprint density at radius 2 is 1.22 bits per heavy atom. The van der Waals surface area contributed by atoms with E-state index in [1.165, 1.54) is 83.7 Å². The van der Waals surface area contributed by atoms with Crippen LogP contribution in [0.25, 0.3) is 0 Å². The van der Waals surface area contributed by atoms with Gasteiger partial charge in [0.1, 0.15) is 0 Å². The van der Waals surface area contributed by atoms with Crippen molar-refractivity contribution in [3.05, 3.63) is 0 Å². The Bertz CT molecular complexity index is 145. The molecule has 0 amide bonds. The molecule has 110 valence electrons. The molecule has 1 heteroatoms. The van der Waals surface area contributed by atoms with Crippen LogP contribution in [-0.2, 0) is 0 Å². The molecule has 0 aliphatic rings. The van der Waals surface area contributed by atoms with E-state index in [0.29, 0.717) is 0 Å². The van der Waals surface area contributed by atoms with Crippen molar-refractivity contribution in [1.29, 1.82) is 0 Å². The minimum atomic E-state index is 0.841. The van der Waals surface area contributed by atoms with Crippen LogP contribution in [-0.4, -0.2) is 13.1 Å². The summed E-state index contributed by atoms with van der Waals surface area (Å²) in [5.41, 5.74) is 0. The van der Waals surface area contributed by atoms with Gasteiger partial charge in [0.15, 0.2) is 0 Å². The van der Waals surface area contributed by atoms with Crippen LogP contribution >= 0.6 is 0 Å². The van der Waals surface area contributed by atoms with E-state index in [-0.39, 0.29) is 0 Å². The van der Waals surface area contributed by atoms with E-state index in [4.69, 9.17) is 0 Å². The average Bonchev–Trinajstić information content (AvgIpc) is 2.39. The highest BCUT2D eigenvalue weighted by molar-refractivity contribution is 4.55. The largest absolute Gasteiger partial charge is 0.316 e. The Labute approximate surface area is 116 Å². The molecule has 0 fully saturated rings. The second-order valence-electron chi connectivity index (χ2n) is 5.90. The second kappa shape index (κ2) is 15.0. The summed E-state index contributed by atoms with van der Waals surface area (Å²) in [6, 6.07) is 0. The zero-order valence-corrected chi connectivity index (χ0v) is 13.3. The number of hydrogen-bond donors (Lipinski definition) is 1. The summed E-state index contributed by atoms with van der Waals surface area (Å²) in [4.78, 5) is 0. The molecule has 0 aromatic carbocycles. The summed E-state index contributed by atoms with van der Waals surface area (Å²) in [5, 5.41) is 3.56. The topological polar surface area (TPSA) is 12.0 Å². The van der Waals surface area contributed by atoms with E-state index < -0.39 is 0 Å². The van der Waals surface area contributed by atoms with Crippen LogP contribution < -0.4 is 5.32 Å². The summed E-state index contributed by atoms with van der Waals surface area (Å²) in [6.45, 7) is 9.31. The van der Waals surface area contributed by atoms with Crippen LogP contribution in [0.4, 0.5) is 0 Å². The molecule has 0 heterocycles. The molecule has 0 spiro atoms. The Morgan fingerprint density at radius 3 is 1.72 bits per heavy atom. The van der Waals surface area contributed by atoms with E-state index in [2.05, 4.69) is 26.1 Å². The lowest BCUT2D eigenvalue weighted by atomic mass is 10.1. The first-order chi connectivity index (χ1) is 8.81. The Morgan fingerprint density at radius 1 is 0.722 bits per heavy atom. The fourth-order valence-corrected chi connectivity index (χ4v) is 2.23. The molecule has 0 aliphatic carbocycles. The molecule has 0 bridgehead atoms. The number of unbranched alkanes of at least 4 members (excludes halogenated alkanes) is 9. The van der Waals surface area contributed by atoms with Gasteiger partial charge in [-0.15, -0.1) is 0 Å². The average molecular weight is 255 g/mol. The minimum absolute atomic E-state index is 0.841. The Balaban J connectivity index is 2.94. The maximum absolute atomic E-state index is 3.56. The van der Waals surface area contributed by atoms with Gasteiger partial charge in [0.25, 0.3) is 0 Å². The maximum atomic E-state index is 3.56. The molecule has 18 heavy (non-hydrogen) atoms. The van der Waals surface area contributed by atoms with Crippen LogP contribution in [0.2, 0.25) is 0 Å². The second-order valence-corrected chi connectivity index (χ2v) is 5.90. The van der Waals surface area contributed by atoms with Gasteiger partial charge < -0.3 is 5.32 Å². The highest BCUT2D eigenvalue weighted by atomic mass is 14.8. The number of nitrogens with one attached hydrogen (secondary N) is 1. The van der Waals surface area contributed by atoms with Crippen molar-refractivity contribution in [3.8, 4) is 0 Å². The monoisotopic (exact) mass is 255 g/mol. The molecule has 0 aromatic rings. The van der Waals surface area contributed by atoms with Gasteiger partial charge in [0.2, 0.25) is 0 Å². The van der Waals surface area contributed by atoms with E-state index in [1.807, 2.05) is 0 Å². The fourth-order valence-electron chi connectivity index (χ4n) is 2.23. The van der Waals surface area contributed by atoms with E-state index in [0.717, 1.165) is 5.92 Å². The van der Waals surface area contributed by atoms with E-state index >= 15 is 0 Å². The standard InChI is InChI=1S/C17H37N/c1-4-6-7-8-9-10-11-12-13-14-15-18-16-17(3)5-2/h17-18H,4-16H2,1-3H3. The highest BCUT2D eigenvalue weighted by Gasteiger charge is 1.97. The van der Waals surface area contributed by atoms with Gasteiger partial charge >= 0.3 is 0 Å². The molecule has 0 saturated heterocycles. The van der Waals surface area contributed by atoms with Crippen LogP contribution in [0.15, 0.2) is 0 Å². The number of hydrogen-bond acceptors (Lipinski definition) is 1. The van der Waals surface area contributed by atoms with Crippen molar-refractivity contribution >= 4 is 0 Å². The normalized spacial score (nSPS) is 12.8. The van der Waals surface area contributed by atoms with Gasteiger partial charge in [0, 0.05) is 0 Å². The molecule has 1 nitrogen and oxygen atoms in total. The van der Waals surface area contributed by atoms with Crippen molar-refractivity contribution in [2.75, 3.05) is 13.1 Å². The van der Waals surface area contributed by atoms with Crippen molar-refractivity contribution in [3.63, 3.8) is 0 Å². The van der Waals surface area contributed by atoms with Gasteiger partial charge in [-0.05, 0) is 25.4 Å². The fraction of sp³-hybridized carbons (Fsp3) is 1.00. The third-order valence-electron chi connectivity index (χ3n) is 3.90. The third-order valence-corrected chi connectivity index (χ3v) is 3.90. The summed E-state index contributed by atoms with van der Waals surface area (Å²) in [5.74, 6) is 0.841. The first-order valence-corrected chi connectivity index (χ1v) is 8.52. The predicted octanol–water partition coefficient (Wildman–Crippen LogP) is 5.54. The lowest BCUT2D eigenvalue weighted by Crippen LogP contribution is -2.21. The molecule has 1 N–H and O–H groups in total.